The van der Waals surface area contributed by atoms with Crippen LogP contribution in [0.3, 0.4) is 0 Å². The first-order valence-electron chi connectivity index (χ1n) is 7.28. The van der Waals surface area contributed by atoms with E-state index in [1.165, 1.54) is 5.56 Å². The molecule has 1 atom stereocenters. The Kier molecular flexibility index (Phi) is 4.99. The summed E-state index contributed by atoms with van der Waals surface area (Å²) in [4.78, 5) is 14.4. The molecule has 4 heteroatoms. The van der Waals surface area contributed by atoms with Gasteiger partial charge in [-0.3, -0.25) is 4.79 Å². The molecule has 1 saturated heterocycles. The number of thiophene rings is 1. The number of thioether (sulfide) groups is 1. The molecule has 1 aromatic heterocycles. The Morgan fingerprint density at radius 2 is 2.05 bits per heavy atom. The van der Waals surface area contributed by atoms with Gasteiger partial charge < -0.3 is 4.90 Å². The lowest BCUT2D eigenvalue weighted by molar-refractivity contribution is -0.130. The largest absolute Gasteiger partial charge is 0.342 e. The van der Waals surface area contributed by atoms with E-state index in [9.17, 15) is 4.79 Å². The maximum atomic E-state index is 12.4. The fourth-order valence-corrected chi connectivity index (χ4v) is 4.53. The molecule has 3 rings (SSSR count). The van der Waals surface area contributed by atoms with Crippen LogP contribution in [-0.4, -0.2) is 29.6 Å². The number of amides is 1. The lowest BCUT2D eigenvalue weighted by atomic mass is 10.1. The summed E-state index contributed by atoms with van der Waals surface area (Å²) in [5.41, 5.74) is 2.52. The first-order valence-corrected chi connectivity index (χ1v) is 9.27. The van der Waals surface area contributed by atoms with Crippen molar-refractivity contribution < 1.29 is 4.79 Å². The molecule has 0 radical (unpaired) electrons. The lowest BCUT2D eigenvalue weighted by Crippen LogP contribution is -2.34. The van der Waals surface area contributed by atoms with Gasteiger partial charge in [-0.25, -0.2) is 0 Å². The third kappa shape index (κ3) is 3.89. The molecule has 1 fully saturated rings. The predicted octanol–water partition coefficient (Wildman–Crippen LogP) is 4.00. The number of benzene rings is 1. The average Bonchev–Trinajstić information content (AvgIpc) is 2.89. The quantitative estimate of drug-likeness (QED) is 0.853. The van der Waals surface area contributed by atoms with Crippen LogP contribution in [0.25, 0.3) is 0 Å². The highest BCUT2D eigenvalue weighted by molar-refractivity contribution is 7.99. The smallest absolute Gasteiger partial charge is 0.227 e. The standard InChI is InChI=1S/C17H19NOS2/c19-17(12-14-7-10-20-13-14)18-8-6-16(21-11-9-18)15-4-2-1-3-5-15/h1-5,7,10,13,16H,6,8-9,11-12H2/t16-/m1/s1. The summed E-state index contributed by atoms with van der Waals surface area (Å²) in [6, 6.07) is 12.7. The van der Waals surface area contributed by atoms with Crippen LogP contribution >= 0.6 is 23.1 Å². The van der Waals surface area contributed by atoms with Crippen LogP contribution < -0.4 is 0 Å². The molecule has 0 spiro atoms. The van der Waals surface area contributed by atoms with E-state index in [1.54, 1.807) is 11.3 Å². The highest BCUT2D eigenvalue weighted by atomic mass is 32.2. The Labute approximate surface area is 134 Å². The summed E-state index contributed by atoms with van der Waals surface area (Å²) in [7, 11) is 0. The van der Waals surface area contributed by atoms with Gasteiger partial charge in [0.15, 0.2) is 0 Å². The van der Waals surface area contributed by atoms with Crippen molar-refractivity contribution >= 4 is 29.0 Å². The van der Waals surface area contributed by atoms with Crippen molar-refractivity contribution in [2.24, 2.45) is 0 Å². The molecule has 0 N–H and O–H groups in total. The minimum absolute atomic E-state index is 0.266. The Bertz CT molecular complexity index is 568. The van der Waals surface area contributed by atoms with Gasteiger partial charge in [-0.15, -0.1) is 0 Å². The monoisotopic (exact) mass is 317 g/mol. The van der Waals surface area contributed by atoms with Gasteiger partial charge in [-0.1, -0.05) is 30.3 Å². The number of carbonyl (C=O) groups is 1. The zero-order valence-corrected chi connectivity index (χ0v) is 13.5. The van der Waals surface area contributed by atoms with Crippen molar-refractivity contribution in [3.8, 4) is 0 Å². The second kappa shape index (κ2) is 7.14. The minimum atomic E-state index is 0.266. The van der Waals surface area contributed by atoms with E-state index in [0.717, 1.165) is 30.8 Å². The molecule has 0 aliphatic carbocycles. The van der Waals surface area contributed by atoms with Crippen molar-refractivity contribution in [3.63, 3.8) is 0 Å². The third-order valence-electron chi connectivity index (χ3n) is 3.80. The van der Waals surface area contributed by atoms with Gasteiger partial charge >= 0.3 is 0 Å². The van der Waals surface area contributed by atoms with Crippen LogP contribution in [0.4, 0.5) is 0 Å². The fourth-order valence-electron chi connectivity index (χ4n) is 2.63. The van der Waals surface area contributed by atoms with Gasteiger partial charge in [-0.05, 0) is 34.4 Å². The maximum absolute atomic E-state index is 12.4. The zero-order valence-electron chi connectivity index (χ0n) is 11.9. The summed E-state index contributed by atoms with van der Waals surface area (Å²) in [5, 5.41) is 4.62. The molecule has 0 unspecified atom stereocenters. The van der Waals surface area contributed by atoms with Gasteiger partial charge in [0.05, 0.1) is 6.42 Å². The second-order valence-electron chi connectivity index (χ2n) is 5.25. The van der Waals surface area contributed by atoms with Crippen molar-refractivity contribution in [3.05, 3.63) is 58.3 Å². The van der Waals surface area contributed by atoms with Gasteiger partial charge in [-0.2, -0.15) is 23.1 Å². The van der Waals surface area contributed by atoms with Crippen molar-refractivity contribution in [2.75, 3.05) is 18.8 Å². The van der Waals surface area contributed by atoms with Crippen LogP contribution in [0.5, 0.6) is 0 Å². The Hall–Kier alpha value is -1.26. The summed E-state index contributed by atoms with van der Waals surface area (Å²) < 4.78 is 0. The van der Waals surface area contributed by atoms with E-state index in [1.807, 2.05) is 28.1 Å². The Morgan fingerprint density at radius 1 is 1.19 bits per heavy atom. The van der Waals surface area contributed by atoms with E-state index in [0.29, 0.717) is 11.7 Å². The lowest BCUT2D eigenvalue weighted by Gasteiger charge is -2.20. The van der Waals surface area contributed by atoms with E-state index in [4.69, 9.17) is 0 Å². The van der Waals surface area contributed by atoms with E-state index in [2.05, 4.69) is 35.7 Å². The van der Waals surface area contributed by atoms with Crippen LogP contribution in [0.15, 0.2) is 47.2 Å². The minimum Gasteiger partial charge on any atom is -0.342 e. The van der Waals surface area contributed by atoms with Crippen LogP contribution in [0.1, 0.15) is 22.8 Å². The van der Waals surface area contributed by atoms with Crippen LogP contribution in [-0.2, 0) is 11.2 Å². The molecular weight excluding hydrogens is 298 g/mol. The Morgan fingerprint density at radius 3 is 2.81 bits per heavy atom. The summed E-state index contributed by atoms with van der Waals surface area (Å²) in [6.45, 7) is 1.74. The SMILES string of the molecule is O=C(Cc1ccsc1)N1CCS[C@@H](c2ccccc2)CC1. The zero-order chi connectivity index (χ0) is 14.5. The van der Waals surface area contributed by atoms with Crippen LogP contribution in [0, 0.1) is 0 Å². The summed E-state index contributed by atoms with van der Waals surface area (Å²) >= 11 is 3.63. The highest BCUT2D eigenvalue weighted by Gasteiger charge is 2.21. The summed E-state index contributed by atoms with van der Waals surface area (Å²) in [5.74, 6) is 1.29. The van der Waals surface area contributed by atoms with E-state index >= 15 is 0 Å². The first-order chi connectivity index (χ1) is 10.3. The number of carbonyl (C=O) groups excluding carboxylic acids is 1. The number of hydrogen-bond donors (Lipinski definition) is 0. The number of rotatable bonds is 3. The topological polar surface area (TPSA) is 20.3 Å². The van der Waals surface area contributed by atoms with E-state index in [-0.39, 0.29) is 5.91 Å². The molecule has 1 aromatic carbocycles. The van der Waals surface area contributed by atoms with Gasteiger partial charge in [0.25, 0.3) is 0 Å². The summed E-state index contributed by atoms with van der Waals surface area (Å²) in [6.07, 6.45) is 1.59. The molecule has 1 aliphatic rings. The van der Waals surface area contributed by atoms with E-state index < -0.39 is 0 Å². The fraction of sp³-hybridized carbons (Fsp3) is 0.353. The highest BCUT2D eigenvalue weighted by Crippen LogP contribution is 2.34. The molecule has 0 bridgehead atoms. The Balaban J connectivity index is 1.59. The number of hydrogen-bond acceptors (Lipinski definition) is 3. The van der Waals surface area contributed by atoms with Crippen molar-refractivity contribution in [1.29, 1.82) is 0 Å². The molecule has 0 saturated carbocycles. The van der Waals surface area contributed by atoms with Gasteiger partial charge in [0, 0.05) is 24.1 Å². The molecular formula is C17H19NOS2. The normalized spacial score (nSPS) is 19.2. The van der Waals surface area contributed by atoms with Crippen LogP contribution in [0.2, 0.25) is 0 Å². The van der Waals surface area contributed by atoms with Crippen molar-refractivity contribution in [1.82, 2.24) is 4.90 Å². The van der Waals surface area contributed by atoms with Crippen molar-refractivity contribution in [2.45, 2.75) is 18.1 Å². The molecule has 2 heterocycles. The maximum Gasteiger partial charge on any atom is 0.227 e. The molecule has 2 aromatic rings. The third-order valence-corrected chi connectivity index (χ3v) is 5.86. The molecule has 2 nitrogen and oxygen atoms in total. The van der Waals surface area contributed by atoms with Gasteiger partial charge in [0.2, 0.25) is 5.91 Å². The molecule has 1 aliphatic heterocycles. The molecule has 21 heavy (non-hydrogen) atoms. The second-order valence-corrected chi connectivity index (χ2v) is 7.34. The average molecular weight is 317 g/mol. The molecule has 110 valence electrons. The predicted molar refractivity (Wildman–Crippen MR) is 90.9 cm³/mol. The first kappa shape index (κ1) is 14.7. The number of nitrogens with zero attached hydrogens (tertiary/aromatic N) is 1. The molecule has 1 amide bonds. The van der Waals surface area contributed by atoms with Gasteiger partial charge in [0.1, 0.15) is 0 Å².